The molecule has 1 aromatic rings. The van der Waals surface area contributed by atoms with E-state index in [1.807, 2.05) is 13.0 Å². The second-order valence-electron chi connectivity index (χ2n) is 5.79. The smallest absolute Gasteiger partial charge is 0.204 e. The van der Waals surface area contributed by atoms with Crippen molar-refractivity contribution in [3.05, 3.63) is 46.9 Å². The van der Waals surface area contributed by atoms with Gasteiger partial charge in [0, 0.05) is 5.56 Å². The largest absolute Gasteiger partial charge is 0.288 e. The lowest BCUT2D eigenvalue weighted by Gasteiger charge is -2.09. The zero-order valence-electron chi connectivity index (χ0n) is 14.3. The van der Waals surface area contributed by atoms with Crippen molar-refractivity contribution in [1.82, 2.24) is 0 Å². The second-order valence-corrected chi connectivity index (χ2v) is 7.86. The molecule has 0 bridgehead atoms. The Hall–Kier alpha value is -1.42. The minimum atomic E-state index is -3.52. The molecule has 0 atom stereocenters. The SMILES string of the molecule is CCCCCC=C(C(=O)c1ccccc1)S(=O)(=O)CCCCC. The van der Waals surface area contributed by atoms with E-state index in [0.29, 0.717) is 18.4 Å². The molecule has 1 rings (SSSR count). The van der Waals surface area contributed by atoms with Gasteiger partial charge in [-0.3, -0.25) is 4.79 Å². The molecule has 0 N–H and O–H groups in total. The zero-order valence-corrected chi connectivity index (χ0v) is 15.1. The van der Waals surface area contributed by atoms with Gasteiger partial charge in [-0.15, -0.1) is 0 Å². The van der Waals surface area contributed by atoms with E-state index in [4.69, 9.17) is 0 Å². The Morgan fingerprint density at radius 1 is 0.957 bits per heavy atom. The summed E-state index contributed by atoms with van der Waals surface area (Å²) in [5.74, 6) is -0.322. The van der Waals surface area contributed by atoms with Crippen molar-refractivity contribution in [2.24, 2.45) is 0 Å². The van der Waals surface area contributed by atoms with Crippen LogP contribution in [0.15, 0.2) is 41.3 Å². The van der Waals surface area contributed by atoms with Crippen LogP contribution in [-0.2, 0) is 9.84 Å². The molecule has 0 fully saturated rings. The standard InChI is InChI=1S/C19H28O3S/c1-3-5-7-11-15-18(23(21,22)16-12-6-4-2)19(20)17-13-9-8-10-14-17/h8-10,13-15H,3-7,11-12,16H2,1-2H3. The van der Waals surface area contributed by atoms with Crippen LogP contribution in [0.25, 0.3) is 0 Å². The number of hydrogen-bond acceptors (Lipinski definition) is 3. The minimum absolute atomic E-state index is 0.0177. The Bertz CT molecular complexity index is 601. The second kappa shape index (κ2) is 10.4. The third-order valence-corrected chi connectivity index (χ3v) is 5.60. The average Bonchev–Trinajstić information content (AvgIpc) is 2.55. The van der Waals surface area contributed by atoms with E-state index < -0.39 is 9.84 Å². The van der Waals surface area contributed by atoms with E-state index in [2.05, 4.69) is 6.92 Å². The Labute approximate surface area is 140 Å². The van der Waals surface area contributed by atoms with E-state index in [1.54, 1.807) is 30.3 Å². The van der Waals surface area contributed by atoms with Crippen molar-refractivity contribution in [3.63, 3.8) is 0 Å². The highest BCUT2D eigenvalue weighted by Gasteiger charge is 2.25. The van der Waals surface area contributed by atoms with Gasteiger partial charge in [0.05, 0.1) is 5.75 Å². The van der Waals surface area contributed by atoms with E-state index in [-0.39, 0.29) is 16.4 Å². The number of unbranched alkanes of at least 4 members (excludes halogenated alkanes) is 5. The first-order chi connectivity index (χ1) is 11.0. The Kier molecular flexibility index (Phi) is 8.85. The number of Topliss-reactive ketones (excluding diaryl/α,β-unsaturated/α-hetero) is 1. The van der Waals surface area contributed by atoms with E-state index in [1.165, 1.54) is 0 Å². The molecule has 3 nitrogen and oxygen atoms in total. The monoisotopic (exact) mass is 336 g/mol. The van der Waals surface area contributed by atoms with E-state index in [0.717, 1.165) is 32.1 Å². The number of benzene rings is 1. The van der Waals surface area contributed by atoms with Crippen LogP contribution in [0.1, 0.15) is 69.2 Å². The first-order valence-electron chi connectivity index (χ1n) is 8.55. The van der Waals surface area contributed by atoms with Gasteiger partial charge in [-0.25, -0.2) is 8.42 Å². The maximum absolute atomic E-state index is 12.6. The topological polar surface area (TPSA) is 51.2 Å². The van der Waals surface area contributed by atoms with Gasteiger partial charge in [0.1, 0.15) is 4.91 Å². The molecular formula is C19H28O3S. The number of allylic oxidation sites excluding steroid dienone is 2. The third-order valence-electron chi connectivity index (χ3n) is 3.75. The predicted molar refractivity (Wildman–Crippen MR) is 96.3 cm³/mol. The number of ketones is 1. The molecule has 0 unspecified atom stereocenters. The summed E-state index contributed by atoms with van der Waals surface area (Å²) in [6, 6.07) is 8.67. The van der Waals surface area contributed by atoms with Crippen molar-refractivity contribution >= 4 is 15.6 Å². The van der Waals surface area contributed by atoms with Gasteiger partial charge in [-0.1, -0.05) is 75.9 Å². The number of hydrogen-bond donors (Lipinski definition) is 0. The van der Waals surface area contributed by atoms with Gasteiger partial charge >= 0.3 is 0 Å². The van der Waals surface area contributed by atoms with Gasteiger partial charge in [0.25, 0.3) is 0 Å². The molecular weight excluding hydrogens is 308 g/mol. The van der Waals surface area contributed by atoms with Crippen LogP contribution in [-0.4, -0.2) is 20.0 Å². The maximum atomic E-state index is 12.6. The summed E-state index contributed by atoms with van der Waals surface area (Å²) in [4.78, 5) is 12.6. The first kappa shape index (κ1) is 19.6. The molecule has 0 heterocycles. The quantitative estimate of drug-likeness (QED) is 0.327. The summed E-state index contributed by atoms with van der Waals surface area (Å²) in [5.41, 5.74) is 0.438. The van der Waals surface area contributed by atoms with Gasteiger partial charge in [0.2, 0.25) is 5.78 Å². The van der Waals surface area contributed by atoms with Crippen LogP contribution in [0.2, 0.25) is 0 Å². The molecule has 0 spiro atoms. The highest BCUT2D eigenvalue weighted by Crippen LogP contribution is 2.19. The summed E-state index contributed by atoms with van der Waals surface area (Å²) in [7, 11) is -3.52. The van der Waals surface area contributed by atoms with Crippen LogP contribution in [0.4, 0.5) is 0 Å². The number of rotatable bonds is 11. The number of carbonyl (C=O) groups excluding carboxylic acids is 1. The molecule has 0 aliphatic carbocycles. The lowest BCUT2D eigenvalue weighted by Crippen LogP contribution is -2.17. The maximum Gasteiger partial charge on any atom is 0.204 e. The molecule has 0 saturated carbocycles. The van der Waals surface area contributed by atoms with Gasteiger partial charge in [-0.05, 0) is 19.3 Å². The average molecular weight is 336 g/mol. The fourth-order valence-corrected chi connectivity index (χ4v) is 3.95. The minimum Gasteiger partial charge on any atom is -0.288 e. The van der Waals surface area contributed by atoms with Crippen LogP contribution >= 0.6 is 0 Å². The molecule has 0 aliphatic rings. The van der Waals surface area contributed by atoms with Crippen molar-refractivity contribution in [1.29, 1.82) is 0 Å². The van der Waals surface area contributed by atoms with E-state index in [9.17, 15) is 13.2 Å². The molecule has 23 heavy (non-hydrogen) atoms. The lowest BCUT2D eigenvalue weighted by molar-refractivity contribution is 0.104. The van der Waals surface area contributed by atoms with Gasteiger partial charge < -0.3 is 0 Å². The van der Waals surface area contributed by atoms with E-state index >= 15 is 0 Å². The normalized spacial score (nSPS) is 12.3. The number of sulfone groups is 1. The summed E-state index contributed by atoms with van der Waals surface area (Å²) in [5, 5.41) is 0. The molecule has 0 radical (unpaired) electrons. The van der Waals surface area contributed by atoms with Gasteiger partial charge in [-0.2, -0.15) is 0 Å². The molecule has 1 aromatic carbocycles. The summed E-state index contributed by atoms with van der Waals surface area (Å²) in [6.07, 6.45) is 7.71. The summed E-state index contributed by atoms with van der Waals surface area (Å²) >= 11 is 0. The van der Waals surface area contributed by atoms with Crippen molar-refractivity contribution in [3.8, 4) is 0 Å². The fraction of sp³-hybridized carbons (Fsp3) is 0.526. The third kappa shape index (κ3) is 6.69. The highest BCUT2D eigenvalue weighted by atomic mass is 32.2. The summed E-state index contributed by atoms with van der Waals surface area (Å²) in [6.45, 7) is 4.13. The predicted octanol–water partition coefficient (Wildman–Crippen LogP) is 4.94. The van der Waals surface area contributed by atoms with Crippen molar-refractivity contribution in [2.45, 2.75) is 58.8 Å². The molecule has 0 amide bonds. The molecule has 0 aliphatic heterocycles. The van der Waals surface area contributed by atoms with Crippen molar-refractivity contribution in [2.75, 3.05) is 5.75 Å². The number of carbonyl (C=O) groups is 1. The van der Waals surface area contributed by atoms with Crippen LogP contribution in [0.3, 0.4) is 0 Å². The van der Waals surface area contributed by atoms with Crippen LogP contribution in [0.5, 0.6) is 0 Å². The molecule has 4 heteroatoms. The molecule has 0 saturated heterocycles. The lowest BCUT2D eigenvalue weighted by atomic mass is 10.1. The van der Waals surface area contributed by atoms with Crippen molar-refractivity contribution < 1.29 is 13.2 Å². The fourth-order valence-electron chi connectivity index (χ4n) is 2.37. The van der Waals surface area contributed by atoms with Crippen LogP contribution in [0, 0.1) is 0 Å². The van der Waals surface area contributed by atoms with Crippen LogP contribution < -0.4 is 0 Å². The Morgan fingerprint density at radius 3 is 2.17 bits per heavy atom. The first-order valence-corrected chi connectivity index (χ1v) is 10.2. The Morgan fingerprint density at radius 2 is 1.57 bits per heavy atom. The molecule has 0 aromatic heterocycles. The Balaban J connectivity index is 2.99. The van der Waals surface area contributed by atoms with Gasteiger partial charge in [0.15, 0.2) is 9.84 Å². The highest BCUT2D eigenvalue weighted by molar-refractivity contribution is 7.96. The zero-order chi connectivity index (χ0) is 17.1. The molecule has 128 valence electrons. The summed E-state index contributed by atoms with van der Waals surface area (Å²) < 4.78 is 25.2.